The van der Waals surface area contributed by atoms with E-state index < -0.39 is 5.60 Å². The maximum atomic E-state index is 11.4. The molecule has 2 rings (SSSR count). The second-order valence-electron chi connectivity index (χ2n) is 8.13. The predicted octanol–water partition coefficient (Wildman–Crippen LogP) is 4.11. The summed E-state index contributed by atoms with van der Waals surface area (Å²) in [6, 6.07) is 0. The van der Waals surface area contributed by atoms with Gasteiger partial charge in [-0.3, -0.25) is 0 Å². The molecule has 2 nitrogen and oxygen atoms in total. The monoisotopic (exact) mass is 281 g/mol. The first-order valence-electron chi connectivity index (χ1n) is 8.85. The second-order valence-corrected chi connectivity index (χ2v) is 8.13. The fourth-order valence-electron chi connectivity index (χ4n) is 4.75. The quantitative estimate of drug-likeness (QED) is 0.765. The van der Waals surface area contributed by atoms with E-state index >= 15 is 0 Å². The fraction of sp³-hybridized carbons (Fsp3) is 1.00. The summed E-state index contributed by atoms with van der Waals surface area (Å²) in [4.78, 5) is 0. The van der Waals surface area contributed by atoms with Crippen LogP contribution in [-0.2, 0) is 0 Å². The van der Waals surface area contributed by atoms with Gasteiger partial charge in [0.05, 0.1) is 5.60 Å². The molecule has 2 unspecified atom stereocenters. The van der Waals surface area contributed by atoms with Gasteiger partial charge in [-0.2, -0.15) is 0 Å². The van der Waals surface area contributed by atoms with Crippen molar-refractivity contribution in [2.45, 2.75) is 84.2 Å². The fourth-order valence-corrected chi connectivity index (χ4v) is 4.75. The molecule has 2 atom stereocenters. The minimum Gasteiger partial charge on any atom is -0.389 e. The molecule has 0 aromatic rings. The number of aliphatic hydroxyl groups is 1. The lowest BCUT2D eigenvalue weighted by molar-refractivity contribution is -0.117. The van der Waals surface area contributed by atoms with Crippen LogP contribution in [0.15, 0.2) is 0 Å². The first kappa shape index (κ1) is 16.3. The molecule has 118 valence electrons. The van der Waals surface area contributed by atoms with Gasteiger partial charge in [0.1, 0.15) is 0 Å². The highest BCUT2D eigenvalue weighted by Crippen LogP contribution is 2.52. The summed E-state index contributed by atoms with van der Waals surface area (Å²) < 4.78 is 0. The second kappa shape index (κ2) is 6.36. The summed E-state index contributed by atoms with van der Waals surface area (Å²) >= 11 is 0. The van der Waals surface area contributed by atoms with Crippen molar-refractivity contribution in [3.05, 3.63) is 0 Å². The van der Waals surface area contributed by atoms with E-state index in [0.717, 1.165) is 43.4 Å². The summed E-state index contributed by atoms with van der Waals surface area (Å²) in [5, 5.41) is 11.4. The molecule has 3 N–H and O–H groups in total. The van der Waals surface area contributed by atoms with Gasteiger partial charge in [-0.05, 0) is 62.7 Å². The Morgan fingerprint density at radius 2 is 1.70 bits per heavy atom. The van der Waals surface area contributed by atoms with Crippen LogP contribution in [0.3, 0.4) is 0 Å². The first-order valence-corrected chi connectivity index (χ1v) is 8.85. The summed E-state index contributed by atoms with van der Waals surface area (Å²) in [6.45, 7) is 7.67. The van der Waals surface area contributed by atoms with Crippen LogP contribution in [0.2, 0.25) is 0 Å². The van der Waals surface area contributed by atoms with Gasteiger partial charge in [-0.25, -0.2) is 0 Å². The van der Waals surface area contributed by atoms with E-state index in [4.69, 9.17) is 5.73 Å². The molecule has 20 heavy (non-hydrogen) atoms. The van der Waals surface area contributed by atoms with Crippen LogP contribution < -0.4 is 5.73 Å². The topological polar surface area (TPSA) is 46.2 Å². The maximum Gasteiger partial charge on any atom is 0.0715 e. The molecule has 2 heteroatoms. The Morgan fingerprint density at radius 1 is 1.05 bits per heavy atom. The number of hydrogen-bond donors (Lipinski definition) is 2. The molecule has 0 aromatic carbocycles. The lowest BCUT2D eigenvalue weighted by atomic mass is 9.58. The molecule has 0 radical (unpaired) electrons. The molecule has 2 fully saturated rings. The zero-order valence-electron chi connectivity index (χ0n) is 13.8. The van der Waals surface area contributed by atoms with E-state index in [0.29, 0.717) is 6.54 Å². The molecule has 2 aliphatic rings. The first-order chi connectivity index (χ1) is 9.42. The van der Waals surface area contributed by atoms with Crippen LogP contribution >= 0.6 is 0 Å². The molecule has 0 saturated heterocycles. The SMILES string of the molecule is CC1CCCC(O)(C2(CN)CCC(C(C)C)CC2)CC1. The third kappa shape index (κ3) is 3.06. The highest BCUT2D eigenvalue weighted by Gasteiger charge is 2.50. The van der Waals surface area contributed by atoms with Crippen molar-refractivity contribution in [2.75, 3.05) is 6.54 Å². The van der Waals surface area contributed by atoms with Gasteiger partial charge in [0.25, 0.3) is 0 Å². The van der Waals surface area contributed by atoms with Crippen molar-refractivity contribution >= 4 is 0 Å². The molecule has 0 spiro atoms. The average molecular weight is 281 g/mol. The summed E-state index contributed by atoms with van der Waals surface area (Å²) in [6.07, 6.45) is 10.4. The highest BCUT2D eigenvalue weighted by atomic mass is 16.3. The van der Waals surface area contributed by atoms with Gasteiger partial charge in [0, 0.05) is 12.0 Å². The third-order valence-electron chi connectivity index (χ3n) is 6.65. The Bertz CT molecular complexity index is 307. The molecule has 0 bridgehead atoms. The minimum atomic E-state index is -0.492. The third-order valence-corrected chi connectivity index (χ3v) is 6.65. The average Bonchev–Trinajstić information content (AvgIpc) is 2.61. The summed E-state index contributed by atoms with van der Waals surface area (Å²) in [7, 11) is 0. The van der Waals surface area contributed by atoms with E-state index in [-0.39, 0.29) is 5.41 Å². The number of nitrogens with two attached hydrogens (primary N) is 1. The Labute approximate surface area is 125 Å². The Balaban J connectivity index is 2.10. The van der Waals surface area contributed by atoms with Crippen molar-refractivity contribution in [3.63, 3.8) is 0 Å². The predicted molar refractivity (Wildman–Crippen MR) is 85.5 cm³/mol. The van der Waals surface area contributed by atoms with Gasteiger partial charge in [-0.15, -0.1) is 0 Å². The number of hydrogen-bond acceptors (Lipinski definition) is 2. The van der Waals surface area contributed by atoms with Crippen LogP contribution in [0, 0.1) is 23.2 Å². The van der Waals surface area contributed by atoms with Gasteiger partial charge < -0.3 is 10.8 Å². The normalized spacial score (nSPS) is 43.5. The van der Waals surface area contributed by atoms with Crippen molar-refractivity contribution in [1.82, 2.24) is 0 Å². The lowest BCUT2D eigenvalue weighted by Crippen LogP contribution is -2.54. The van der Waals surface area contributed by atoms with Crippen LogP contribution in [0.1, 0.15) is 78.6 Å². The Morgan fingerprint density at radius 3 is 2.25 bits per heavy atom. The van der Waals surface area contributed by atoms with E-state index in [1.54, 1.807) is 0 Å². The lowest BCUT2D eigenvalue weighted by Gasteiger charge is -2.51. The van der Waals surface area contributed by atoms with Crippen LogP contribution in [0.25, 0.3) is 0 Å². The standard InChI is InChI=1S/C18H35NO/c1-14(2)16-7-10-17(13-19,11-8-16)18(20)9-4-5-15(3)6-12-18/h14-16,20H,4-13,19H2,1-3H3. The smallest absolute Gasteiger partial charge is 0.0715 e. The van der Waals surface area contributed by atoms with Crippen LogP contribution in [-0.4, -0.2) is 17.3 Å². The van der Waals surface area contributed by atoms with Crippen molar-refractivity contribution in [1.29, 1.82) is 0 Å². The van der Waals surface area contributed by atoms with E-state index in [1.165, 1.54) is 32.1 Å². The molecule has 0 aromatic heterocycles. The van der Waals surface area contributed by atoms with Crippen molar-refractivity contribution in [2.24, 2.45) is 28.9 Å². The van der Waals surface area contributed by atoms with E-state index in [2.05, 4.69) is 20.8 Å². The maximum absolute atomic E-state index is 11.4. The van der Waals surface area contributed by atoms with Gasteiger partial charge in [0.2, 0.25) is 0 Å². The van der Waals surface area contributed by atoms with E-state index in [9.17, 15) is 5.11 Å². The molecule has 0 heterocycles. The molecular weight excluding hydrogens is 246 g/mol. The number of rotatable bonds is 3. The van der Waals surface area contributed by atoms with Crippen LogP contribution in [0.4, 0.5) is 0 Å². The molecule has 2 aliphatic carbocycles. The zero-order valence-corrected chi connectivity index (χ0v) is 13.8. The molecule has 0 aliphatic heterocycles. The van der Waals surface area contributed by atoms with Gasteiger partial charge >= 0.3 is 0 Å². The molecular formula is C18H35NO. The van der Waals surface area contributed by atoms with Gasteiger partial charge in [-0.1, -0.05) is 33.6 Å². The minimum absolute atomic E-state index is 0.00243. The Hall–Kier alpha value is -0.0800. The highest BCUT2D eigenvalue weighted by molar-refractivity contribution is 5.03. The van der Waals surface area contributed by atoms with Crippen molar-refractivity contribution < 1.29 is 5.11 Å². The molecule has 2 saturated carbocycles. The summed E-state index contributed by atoms with van der Waals surface area (Å²) in [5.41, 5.74) is 5.71. The van der Waals surface area contributed by atoms with Crippen molar-refractivity contribution in [3.8, 4) is 0 Å². The summed E-state index contributed by atoms with van der Waals surface area (Å²) in [5.74, 6) is 2.38. The molecule has 0 amide bonds. The van der Waals surface area contributed by atoms with E-state index in [1.807, 2.05) is 0 Å². The Kier molecular flexibility index (Phi) is 5.18. The van der Waals surface area contributed by atoms with Gasteiger partial charge in [0.15, 0.2) is 0 Å². The van der Waals surface area contributed by atoms with Crippen LogP contribution in [0.5, 0.6) is 0 Å². The largest absolute Gasteiger partial charge is 0.389 e. The zero-order chi connectivity index (χ0) is 14.8.